The molecule has 8 nitrogen and oxygen atoms in total. The van der Waals surface area contributed by atoms with Gasteiger partial charge in [0.15, 0.2) is 11.6 Å². The lowest BCUT2D eigenvalue weighted by molar-refractivity contribution is 0.0522. The average Bonchev–Trinajstić information content (AvgIpc) is 3.24. The summed E-state index contributed by atoms with van der Waals surface area (Å²) in [5.74, 6) is 0.0389. The molecule has 2 N–H and O–H groups in total. The molecular weight excluding hydrogens is 366 g/mol. The number of aromatic nitrogens is 5. The Morgan fingerprint density at radius 2 is 1.85 bits per heavy atom. The third-order valence-corrected chi connectivity index (χ3v) is 4.73. The lowest BCUT2D eigenvalue weighted by atomic mass is 10.1. The molecule has 0 amide bonds. The van der Waals surface area contributed by atoms with Crippen LogP contribution in [0.15, 0.2) is 29.7 Å². The molecule has 0 aromatic carbocycles. The Morgan fingerprint density at radius 1 is 1.15 bits per heavy atom. The number of carbonyl (C=O) groups excluding carboxylic acids is 2. The van der Waals surface area contributed by atoms with Crippen molar-refractivity contribution >= 4 is 23.5 Å². The molecular formula is C18H19N5O3S. The largest absolute Gasteiger partial charge is 0.462 e. The number of nitrogens with one attached hydrogen (secondary N) is 2. The van der Waals surface area contributed by atoms with Gasteiger partial charge in [-0.25, -0.2) is 9.78 Å². The van der Waals surface area contributed by atoms with Crippen LogP contribution in [0.4, 0.5) is 0 Å². The number of ether oxygens (including phenoxy) is 1. The Hall–Kier alpha value is -2.94. The fourth-order valence-corrected chi connectivity index (χ4v) is 3.41. The molecule has 0 spiro atoms. The van der Waals surface area contributed by atoms with E-state index in [0.717, 1.165) is 5.56 Å². The van der Waals surface area contributed by atoms with Crippen molar-refractivity contribution in [2.75, 3.05) is 12.4 Å². The van der Waals surface area contributed by atoms with E-state index in [9.17, 15) is 9.59 Å². The number of H-pyrrole nitrogens is 2. The molecule has 3 heterocycles. The zero-order valence-corrected chi connectivity index (χ0v) is 16.0. The molecule has 0 aliphatic rings. The molecule has 0 bridgehead atoms. The highest BCUT2D eigenvalue weighted by Gasteiger charge is 2.25. The summed E-state index contributed by atoms with van der Waals surface area (Å²) < 4.78 is 5.08. The Labute approximate surface area is 160 Å². The molecule has 0 saturated heterocycles. The standard InChI is InChI=1S/C18H19N5O3S/c1-4-26-17(25)15-11(3)20-10(2)14(15)13(24)9-27-18-21-16(22-23-18)12-5-7-19-8-6-12/h5-8,20H,4,9H2,1-3H3,(H,21,22,23). The SMILES string of the molecule is CCOC(=O)c1c(C)[nH]c(C)c1C(=O)CSc1n[nH]c(-c2ccncc2)n1. The Kier molecular flexibility index (Phi) is 5.70. The molecule has 9 heteroatoms. The summed E-state index contributed by atoms with van der Waals surface area (Å²) in [6.07, 6.45) is 3.34. The Bertz CT molecular complexity index is 965. The number of ketones is 1. The van der Waals surface area contributed by atoms with Crippen LogP contribution in [0.5, 0.6) is 0 Å². The van der Waals surface area contributed by atoms with E-state index in [1.165, 1.54) is 11.8 Å². The van der Waals surface area contributed by atoms with Gasteiger partial charge in [0.05, 0.1) is 23.5 Å². The van der Waals surface area contributed by atoms with Crippen LogP contribution >= 0.6 is 11.8 Å². The maximum atomic E-state index is 12.7. The lowest BCUT2D eigenvalue weighted by Crippen LogP contribution is -2.13. The van der Waals surface area contributed by atoms with Gasteiger partial charge in [-0.3, -0.25) is 14.9 Å². The average molecular weight is 385 g/mol. The Morgan fingerprint density at radius 3 is 2.56 bits per heavy atom. The number of Topliss-reactive ketones (excluding diaryl/α,β-unsaturated/α-hetero) is 1. The summed E-state index contributed by atoms with van der Waals surface area (Å²) in [6.45, 7) is 5.50. The van der Waals surface area contributed by atoms with Crippen LogP contribution in [0.25, 0.3) is 11.4 Å². The molecule has 0 aliphatic heterocycles. The van der Waals surface area contributed by atoms with Gasteiger partial charge < -0.3 is 9.72 Å². The first-order valence-corrected chi connectivity index (χ1v) is 9.34. The van der Waals surface area contributed by atoms with Gasteiger partial charge >= 0.3 is 5.97 Å². The number of hydrogen-bond acceptors (Lipinski definition) is 7. The molecule has 0 radical (unpaired) electrons. The number of thioether (sulfide) groups is 1. The van der Waals surface area contributed by atoms with E-state index in [1.807, 2.05) is 12.1 Å². The molecule has 0 fully saturated rings. The first-order chi connectivity index (χ1) is 13.0. The summed E-state index contributed by atoms with van der Waals surface area (Å²) in [7, 11) is 0. The Balaban J connectivity index is 1.74. The van der Waals surface area contributed by atoms with Gasteiger partial charge in [-0.15, -0.1) is 5.10 Å². The van der Waals surface area contributed by atoms with Gasteiger partial charge in [0.25, 0.3) is 0 Å². The molecule has 3 aromatic rings. The van der Waals surface area contributed by atoms with E-state index in [1.54, 1.807) is 33.2 Å². The molecule has 0 aliphatic carbocycles. The molecule has 0 unspecified atom stereocenters. The highest BCUT2D eigenvalue weighted by Crippen LogP contribution is 2.24. The van der Waals surface area contributed by atoms with Crippen LogP contribution in [0, 0.1) is 13.8 Å². The summed E-state index contributed by atoms with van der Waals surface area (Å²) in [6, 6.07) is 3.63. The monoisotopic (exact) mass is 385 g/mol. The number of hydrogen-bond donors (Lipinski definition) is 2. The highest BCUT2D eigenvalue weighted by atomic mass is 32.2. The van der Waals surface area contributed by atoms with Gasteiger partial charge in [-0.2, -0.15) is 0 Å². The number of aromatic amines is 2. The second kappa shape index (κ2) is 8.17. The van der Waals surface area contributed by atoms with Gasteiger partial charge in [-0.05, 0) is 32.9 Å². The molecule has 0 atom stereocenters. The first-order valence-electron chi connectivity index (χ1n) is 8.36. The van der Waals surface area contributed by atoms with Crippen molar-refractivity contribution < 1.29 is 14.3 Å². The van der Waals surface area contributed by atoms with Crippen LogP contribution in [0.3, 0.4) is 0 Å². The van der Waals surface area contributed by atoms with Crippen molar-refractivity contribution in [1.82, 2.24) is 25.1 Å². The third-order valence-electron chi connectivity index (χ3n) is 3.88. The van der Waals surface area contributed by atoms with E-state index < -0.39 is 5.97 Å². The quantitative estimate of drug-likeness (QED) is 0.365. The molecule has 3 aromatic heterocycles. The summed E-state index contributed by atoms with van der Waals surface area (Å²) >= 11 is 1.21. The number of pyridine rings is 1. The van der Waals surface area contributed by atoms with Gasteiger partial charge in [-0.1, -0.05) is 11.8 Å². The van der Waals surface area contributed by atoms with Crippen LogP contribution in [-0.4, -0.2) is 49.3 Å². The summed E-state index contributed by atoms with van der Waals surface area (Å²) in [5, 5.41) is 7.43. The summed E-state index contributed by atoms with van der Waals surface area (Å²) in [4.78, 5) is 36.3. The van der Waals surface area contributed by atoms with Gasteiger partial charge in [0.2, 0.25) is 5.16 Å². The lowest BCUT2D eigenvalue weighted by Gasteiger charge is -2.05. The fraction of sp³-hybridized carbons (Fsp3) is 0.278. The number of rotatable bonds is 7. The summed E-state index contributed by atoms with van der Waals surface area (Å²) in [5.41, 5.74) is 2.79. The predicted octanol–water partition coefficient (Wildman–Crippen LogP) is 2.96. The minimum atomic E-state index is -0.495. The van der Waals surface area contributed by atoms with Gasteiger partial charge in [0, 0.05) is 29.3 Å². The number of esters is 1. The highest BCUT2D eigenvalue weighted by molar-refractivity contribution is 7.99. The van der Waals surface area contributed by atoms with Crippen LogP contribution in [0.1, 0.15) is 39.0 Å². The molecule has 140 valence electrons. The van der Waals surface area contributed by atoms with E-state index in [4.69, 9.17) is 4.74 Å². The number of aryl methyl sites for hydroxylation is 2. The molecule has 0 saturated carbocycles. The maximum Gasteiger partial charge on any atom is 0.340 e. The minimum absolute atomic E-state index is 0.109. The fourth-order valence-electron chi connectivity index (χ4n) is 2.74. The zero-order valence-electron chi connectivity index (χ0n) is 15.2. The van der Waals surface area contributed by atoms with E-state index >= 15 is 0 Å². The molecule has 3 rings (SSSR count). The predicted molar refractivity (Wildman–Crippen MR) is 101 cm³/mol. The van der Waals surface area contributed by atoms with Crippen LogP contribution < -0.4 is 0 Å². The third kappa shape index (κ3) is 4.08. The van der Waals surface area contributed by atoms with Crippen molar-refractivity contribution in [2.24, 2.45) is 0 Å². The zero-order chi connectivity index (χ0) is 19.4. The van der Waals surface area contributed by atoms with Crippen molar-refractivity contribution in [3.8, 4) is 11.4 Å². The van der Waals surface area contributed by atoms with E-state index in [2.05, 4.69) is 25.1 Å². The maximum absolute atomic E-state index is 12.7. The topological polar surface area (TPSA) is 114 Å². The smallest absolute Gasteiger partial charge is 0.340 e. The number of carbonyl (C=O) groups is 2. The van der Waals surface area contributed by atoms with Crippen molar-refractivity contribution in [2.45, 2.75) is 25.9 Å². The van der Waals surface area contributed by atoms with E-state index in [0.29, 0.717) is 33.5 Å². The second-order valence-corrected chi connectivity index (χ2v) is 6.70. The normalized spacial score (nSPS) is 10.8. The first kappa shape index (κ1) is 18.8. The second-order valence-electron chi connectivity index (χ2n) is 5.76. The van der Waals surface area contributed by atoms with E-state index in [-0.39, 0.29) is 18.1 Å². The van der Waals surface area contributed by atoms with Crippen molar-refractivity contribution in [3.05, 3.63) is 47.0 Å². The van der Waals surface area contributed by atoms with Crippen LogP contribution in [0.2, 0.25) is 0 Å². The molecule has 27 heavy (non-hydrogen) atoms. The van der Waals surface area contributed by atoms with Crippen molar-refractivity contribution in [1.29, 1.82) is 0 Å². The number of nitrogens with zero attached hydrogens (tertiary/aromatic N) is 3. The minimum Gasteiger partial charge on any atom is -0.462 e. The van der Waals surface area contributed by atoms with Gasteiger partial charge in [0.1, 0.15) is 0 Å². The van der Waals surface area contributed by atoms with Crippen LogP contribution in [-0.2, 0) is 4.74 Å². The van der Waals surface area contributed by atoms with Crippen molar-refractivity contribution in [3.63, 3.8) is 0 Å².